The predicted molar refractivity (Wildman–Crippen MR) is 151 cm³/mol. The second-order valence-corrected chi connectivity index (χ2v) is 11.1. The van der Waals surface area contributed by atoms with E-state index in [1.54, 1.807) is 44.4 Å². The summed E-state index contributed by atoms with van der Waals surface area (Å²) in [6.07, 6.45) is 2.22. The van der Waals surface area contributed by atoms with E-state index in [4.69, 9.17) is 9.47 Å². The molecule has 1 aromatic rings. The van der Waals surface area contributed by atoms with Crippen LogP contribution in [0.1, 0.15) is 78.0 Å². The van der Waals surface area contributed by atoms with Crippen molar-refractivity contribution in [3.8, 4) is 0 Å². The molecule has 10 heteroatoms. The minimum atomic E-state index is -0.960. The molecule has 0 aliphatic carbocycles. The normalized spacial score (nSPS) is 13.6. The summed E-state index contributed by atoms with van der Waals surface area (Å²) in [7, 11) is 0. The lowest BCUT2D eigenvalue weighted by Gasteiger charge is -2.38. The molecule has 0 spiro atoms. The number of ether oxygens (including phenoxy) is 2. The first-order chi connectivity index (χ1) is 17.9. The van der Waals surface area contributed by atoms with Gasteiger partial charge in [0.1, 0.15) is 17.7 Å². The smallest absolute Gasteiger partial charge is 0.408 e. The molecule has 3 amide bonds. The lowest BCUT2D eigenvalue weighted by molar-refractivity contribution is -0.146. The highest BCUT2D eigenvalue weighted by molar-refractivity contribution is 7.98. The third kappa shape index (κ3) is 10.9. The Morgan fingerprint density at radius 3 is 2.32 bits per heavy atom. The van der Waals surface area contributed by atoms with Crippen molar-refractivity contribution in [1.29, 1.82) is 0 Å². The van der Waals surface area contributed by atoms with Crippen LogP contribution in [0.4, 0.5) is 4.79 Å². The number of carbonyl (C=O) groups excluding carboxylic acids is 4. The fourth-order valence-corrected chi connectivity index (χ4v) is 4.32. The number of benzene rings is 1. The van der Waals surface area contributed by atoms with E-state index >= 15 is 0 Å². The van der Waals surface area contributed by atoms with Gasteiger partial charge in [0.2, 0.25) is 11.8 Å². The Kier molecular flexibility index (Phi) is 14.2. The van der Waals surface area contributed by atoms with E-state index in [0.717, 1.165) is 5.56 Å². The van der Waals surface area contributed by atoms with Gasteiger partial charge in [-0.15, -0.1) is 0 Å². The van der Waals surface area contributed by atoms with Crippen molar-refractivity contribution in [1.82, 2.24) is 15.5 Å². The SMILES string of the molecule is CCOC(=O)CCNC(=O)C(c1ccccc1C)N(C(=O)C(CCSC)NC(=O)OC(C)(C)C)C(C)CC. The zero-order valence-electron chi connectivity index (χ0n) is 24.1. The standard InChI is InChI=1S/C28H45N3O6S/c1-9-20(4)31(26(34)22(16-18-38-8)30-27(35)37-28(5,6)7)24(21-14-12-11-13-19(21)3)25(33)29-17-15-23(32)36-10-2/h11-14,20,22,24H,9-10,15-18H2,1-8H3,(H,29,33)(H,30,35). The highest BCUT2D eigenvalue weighted by Gasteiger charge is 2.38. The van der Waals surface area contributed by atoms with Crippen LogP contribution >= 0.6 is 11.8 Å². The Morgan fingerprint density at radius 2 is 1.76 bits per heavy atom. The van der Waals surface area contributed by atoms with E-state index < -0.39 is 35.7 Å². The molecule has 2 N–H and O–H groups in total. The average molecular weight is 552 g/mol. The Hall–Kier alpha value is -2.75. The van der Waals surface area contributed by atoms with Gasteiger partial charge in [0.05, 0.1) is 13.0 Å². The van der Waals surface area contributed by atoms with E-state index in [-0.39, 0.29) is 31.5 Å². The molecule has 0 aliphatic heterocycles. The number of rotatable bonds is 14. The lowest BCUT2D eigenvalue weighted by Crippen LogP contribution is -2.55. The molecule has 0 radical (unpaired) electrons. The van der Waals surface area contributed by atoms with Crippen LogP contribution in [-0.2, 0) is 23.9 Å². The Balaban J connectivity index is 3.43. The van der Waals surface area contributed by atoms with Gasteiger partial charge in [-0.05, 0) is 77.5 Å². The van der Waals surface area contributed by atoms with E-state index in [0.29, 0.717) is 24.2 Å². The number of alkyl carbamates (subject to hydrolysis) is 1. The fourth-order valence-electron chi connectivity index (χ4n) is 3.85. The van der Waals surface area contributed by atoms with E-state index in [9.17, 15) is 19.2 Å². The van der Waals surface area contributed by atoms with Gasteiger partial charge in [0.25, 0.3) is 0 Å². The summed E-state index contributed by atoms with van der Waals surface area (Å²) >= 11 is 1.56. The number of amides is 3. The Morgan fingerprint density at radius 1 is 1.11 bits per heavy atom. The number of esters is 1. The molecule has 0 heterocycles. The minimum Gasteiger partial charge on any atom is -0.466 e. The van der Waals surface area contributed by atoms with Crippen molar-refractivity contribution in [2.75, 3.05) is 25.2 Å². The van der Waals surface area contributed by atoms with Gasteiger partial charge in [0, 0.05) is 12.6 Å². The molecule has 214 valence electrons. The predicted octanol–water partition coefficient (Wildman–Crippen LogP) is 4.38. The minimum absolute atomic E-state index is 0.0217. The third-order valence-corrected chi connectivity index (χ3v) is 6.51. The summed E-state index contributed by atoms with van der Waals surface area (Å²) in [4.78, 5) is 53.8. The molecule has 1 aromatic carbocycles. The first-order valence-electron chi connectivity index (χ1n) is 13.2. The molecular formula is C28H45N3O6S. The topological polar surface area (TPSA) is 114 Å². The summed E-state index contributed by atoms with van der Waals surface area (Å²) in [5, 5.41) is 5.56. The van der Waals surface area contributed by atoms with Crippen molar-refractivity contribution < 1.29 is 28.7 Å². The monoisotopic (exact) mass is 551 g/mol. The zero-order chi connectivity index (χ0) is 28.9. The van der Waals surface area contributed by atoms with Gasteiger partial charge in [-0.1, -0.05) is 31.2 Å². The molecule has 0 aromatic heterocycles. The molecule has 0 aliphatic rings. The molecule has 0 saturated carbocycles. The van der Waals surface area contributed by atoms with Gasteiger partial charge in [-0.25, -0.2) is 4.79 Å². The van der Waals surface area contributed by atoms with Crippen LogP contribution in [0.25, 0.3) is 0 Å². The second-order valence-electron chi connectivity index (χ2n) is 10.1. The van der Waals surface area contributed by atoms with E-state index in [2.05, 4.69) is 10.6 Å². The Labute approximate surface area is 231 Å². The van der Waals surface area contributed by atoms with Crippen molar-refractivity contribution in [2.45, 2.75) is 91.5 Å². The molecule has 3 unspecified atom stereocenters. The van der Waals surface area contributed by atoms with Crippen LogP contribution < -0.4 is 10.6 Å². The molecule has 0 bridgehead atoms. The molecular weight excluding hydrogens is 506 g/mol. The first kappa shape index (κ1) is 33.3. The van der Waals surface area contributed by atoms with Crippen LogP contribution in [0, 0.1) is 6.92 Å². The number of hydrogen-bond acceptors (Lipinski definition) is 7. The lowest BCUT2D eigenvalue weighted by atomic mass is 9.96. The van der Waals surface area contributed by atoms with E-state index in [1.807, 2.05) is 51.3 Å². The fraction of sp³-hybridized carbons (Fsp3) is 0.643. The molecule has 0 saturated heterocycles. The second kappa shape index (κ2) is 16.3. The third-order valence-electron chi connectivity index (χ3n) is 5.86. The van der Waals surface area contributed by atoms with Crippen molar-refractivity contribution in [3.63, 3.8) is 0 Å². The van der Waals surface area contributed by atoms with Crippen molar-refractivity contribution in [2.24, 2.45) is 0 Å². The van der Waals surface area contributed by atoms with Crippen molar-refractivity contribution >= 4 is 35.6 Å². The summed E-state index contributed by atoms with van der Waals surface area (Å²) in [6.45, 7) is 13.0. The molecule has 38 heavy (non-hydrogen) atoms. The largest absolute Gasteiger partial charge is 0.466 e. The molecule has 1 rings (SSSR count). The number of aryl methyl sites for hydroxylation is 1. The van der Waals surface area contributed by atoms with Gasteiger partial charge in [-0.2, -0.15) is 11.8 Å². The van der Waals surface area contributed by atoms with Gasteiger partial charge in [0.15, 0.2) is 0 Å². The number of carbonyl (C=O) groups is 4. The number of nitrogens with one attached hydrogen (secondary N) is 2. The maximum Gasteiger partial charge on any atom is 0.408 e. The van der Waals surface area contributed by atoms with Gasteiger partial charge < -0.3 is 25.0 Å². The van der Waals surface area contributed by atoms with Crippen LogP contribution in [0.5, 0.6) is 0 Å². The van der Waals surface area contributed by atoms with E-state index in [1.165, 1.54) is 0 Å². The Bertz CT molecular complexity index is 933. The van der Waals surface area contributed by atoms with Gasteiger partial charge in [-0.3, -0.25) is 14.4 Å². The summed E-state index contributed by atoms with van der Waals surface area (Å²) in [5.74, 6) is -0.554. The summed E-state index contributed by atoms with van der Waals surface area (Å²) in [6, 6.07) is 5.24. The van der Waals surface area contributed by atoms with Gasteiger partial charge >= 0.3 is 12.1 Å². The maximum atomic E-state index is 14.1. The van der Waals surface area contributed by atoms with Crippen LogP contribution in [0.3, 0.4) is 0 Å². The highest BCUT2D eigenvalue weighted by atomic mass is 32.2. The zero-order valence-corrected chi connectivity index (χ0v) is 24.9. The van der Waals surface area contributed by atoms with Crippen LogP contribution in [-0.4, -0.2) is 71.6 Å². The molecule has 0 fully saturated rings. The van der Waals surface area contributed by atoms with Crippen LogP contribution in [0.2, 0.25) is 0 Å². The maximum absolute atomic E-state index is 14.1. The molecule has 3 atom stereocenters. The highest BCUT2D eigenvalue weighted by Crippen LogP contribution is 2.29. The van der Waals surface area contributed by atoms with Crippen LogP contribution in [0.15, 0.2) is 24.3 Å². The molecule has 9 nitrogen and oxygen atoms in total. The average Bonchev–Trinajstić information content (AvgIpc) is 2.83. The summed E-state index contributed by atoms with van der Waals surface area (Å²) < 4.78 is 10.4. The number of hydrogen-bond donors (Lipinski definition) is 2. The number of thioether (sulfide) groups is 1. The quantitative estimate of drug-likeness (QED) is 0.330. The summed E-state index contributed by atoms with van der Waals surface area (Å²) in [5.41, 5.74) is 0.798. The number of nitrogens with zero attached hydrogens (tertiary/aromatic N) is 1. The van der Waals surface area contributed by atoms with Crippen molar-refractivity contribution in [3.05, 3.63) is 35.4 Å². The first-order valence-corrected chi connectivity index (χ1v) is 14.5.